The lowest BCUT2D eigenvalue weighted by molar-refractivity contribution is 0.628. The van der Waals surface area contributed by atoms with E-state index in [1.54, 1.807) is 24.5 Å². The van der Waals surface area contributed by atoms with Gasteiger partial charge in [-0.2, -0.15) is 0 Å². The molecule has 18 heavy (non-hydrogen) atoms. The maximum Gasteiger partial charge on any atom is 0.151 e. The number of rotatable bonds is 4. The van der Waals surface area contributed by atoms with E-state index in [0.29, 0.717) is 5.88 Å². The summed E-state index contributed by atoms with van der Waals surface area (Å²) in [6.45, 7) is 2.72. The highest BCUT2D eigenvalue weighted by atomic mass is 35.5. The van der Waals surface area contributed by atoms with Crippen molar-refractivity contribution in [3.63, 3.8) is 0 Å². The number of anilines is 2. The van der Waals surface area contributed by atoms with Gasteiger partial charge in [0.15, 0.2) is 5.82 Å². The highest BCUT2D eigenvalue weighted by Gasteiger charge is 2.09. The van der Waals surface area contributed by atoms with E-state index in [4.69, 9.17) is 11.6 Å². The van der Waals surface area contributed by atoms with Crippen LogP contribution in [0.3, 0.4) is 0 Å². The first kappa shape index (κ1) is 12.8. The van der Waals surface area contributed by atoms with E-state index < -0.39 is 0 Å². The number of hydrogen-bond donors (Lipinski definition) is 0. The lowest BCUT2D eigenvalue weighted by atomic mass is 10.3. The molecule has 0 fully saturated rings. The topological polar surface area (TPSA) is 29.0 Å². The summed E-state index contributed by atoms with van der Waals surface area (Å²) in [6.07, 6.45) is 3.32. The van der Waals surface area contributed by atoms with E-state index in [9.17, 15) is 4.39 Å². The summed E-state index contributed by atoms with van der Waals surface area (Å²) < 4.78 is 12.9. The molecule has 2 rings (SSSR count). The van der Waals surface area contributed by atoms with E-state index in [1.807, 2.05) is 11.8 Å². The first-order valence-electron chi connectivity index (χ1n) is 5.64. The van der Waals surface area contributed by atoms with Gasteiger partial charge in [0, 0.05) is 12.2 Å². The van der Waals surface area contributed by atoms with Crippen LogP contribution < -0.4 is 4.90 Å². The summed E-state index contributed by atoms with van der Waals surface area (Å²) >= 11 is 5.67. The van der Waals surface area contributed by atoms with Gasteiger partial charge in [-0.15, -0.1) is 11.6 Å². The van der Waals surface area contributed by atoms with E-state index in [2.05, 4.69) is 9.97 Å². The second-order valence-electron chi connectivity index (χ2n) is 3.72. The van der Waals surface area contributed by atoms with Gasteiger partial charge in [0.25, 0.3) is 0 Å². The molecule has 0 saturated heterocycles. The van der Waals surface area contributed by atoms with E-state index in [-0.39, 0.29) is 5.82 Å². The predicted molar refractivity (Wildman–Crippen MR) is 70.7 cm³/mol. The summed E-state index contributed by atoms with van der Waals surface area (Å²) in [7, 11) is 0. The lowest BCUT2D eigenvalue weighted by Crippen LogP contribution is -2.17. The zero-order valence-electron chi connectivity index (χ0n) is 9.98. The average Bonchev–Trinajstić information content (AvgIpc) is 2.42. The van der Waals surface area contributed by atoms with Gasteiger partial charge < -0.3 is 4.90 Å². The van der Waals surface area contributed by atoms with Crippen LogP contribution in [-0.4, -0.2) is 16.5 Å². The number of halogens is 2. The molecule has 0 N–H and O–H groups in total. The van der Waals surface area contributed by atoms with Gasteiger partial charge in [0.05, 0.1) is 24.0 Å². The quantitative estimate of drug-likeness (QED) is 0.792. The molecule has 0 atom stereocenters. The molecule has 94 valence electrons. The molecule has 1 heterocycles. The molecule has 0 radical (unpaired) electrons. The Labute approximate surface area is 110 Å². The monoisotopic (exact) mass is 265 g/mol. The molecular weight excluding hydrogens is 253 g/mol. The van der Waals surface area contributed by atoms with Gasteiger partial charge in [-0.25, -0.2) is 9.37 Å². The molecule has 2 aromatic rings. The van der Waals surface area contributed by atoms with Crippen molar-refractivity contribution in [1.82, 2.24) is 9.97 Å². The van der Waals surface area contributed by atoms with Crippen molar-refractivity contribution >= 4 is 23.1 Å². The number of nitrogens with zero attached hydrogens (tertiary/aromatic N) is 3. The van der Waals surface area contributed by atoms with Crippen LogP contribution in [0.25, 0.3) is 0 Å². The lowest BCUT2D eigenvalue weighted by Gasteiger charge is -2.21. The Morgan fingerprint density at radius 1 is 1.17 bits per heavy atom. The summed E-state index contributed by atoms with van der Waals surface area (Å²) in [6, 6.07) is 6.29. The summed E-state index contributed by atoms with van der Waals surface area (Å²) in [5.41, 5.74) is 1.61. The predicted octanol–water partition coefficient (Wildman–Crippen LogP) is 3.51. The Bertz CT molecular complexity index is 499. The van der Waals surface area contributed by atoms with E-state index in [1.165, 1.54) is 12.1 Å². The Morgan fingerprint density at radius 2 is 1.89 bits per heavy atom. The van der Waals surface area contributed by atoms with Crippen LogP contribution in [0.2, 0.25) is 0 Å². The van der Waals surface area contributed by atoms with E-state index in [0.717, 1.165) is 23.7 Å². The summed E-state index contributed by atoms with van der Waals surface area (Å²) in [4.78, 5) is 10.5. The fraction of sp³-hybridized carbons (Fsp3) is 0.231. The second-order valence-corrected chi connectivity index (χ2v) is 3.99. The van der Waals surface area contributed by atoms with Gasteiger partial charge in [0.2, 0.25) is 0 Å². The average molecular weight is 266 g/mol. The molecular formula is C13H13ClFN3. The summed E-state index contributed by atoms with van der Waals surface area (Å²) in [5, 5.41) is 0. The van der Waals surface area contributed by atoms with Crippen LogP contribution >= 0.6 is 11.6 Å². The third-order valence-electron chi connectivity index (χ3n) is 2.56. The fourth-order valence-corrected chi connectivity index (χ4v) is 1.79. The fourth-order valence-electron chi connectivity index (χ4n) is 1.65. The van der Waals surface area contributed by atoms with Gasteiger partial charge in [-0.05, 0) is 31.2 Å². The zero-order chi connectivity index (χ0) is 13.0. The third kappa shape index (κ3) is 2.76. The minimum Gasteiger partial charge on any atom is -0.325 e. The van der Waals surface area contributed by atoms with Crippen molar-refractivity contribution in [1.29, 1.82) is 0 Å². The van der Waals surface area contributed by atoms with Crippen LogP contribution in [-0.2, 0) is 5.88 Å². The number of alkyl halides is 1. The highest BCUT2D eigenvalue weighted by Crippen LogP contribution is 2.22. The van der Waals surface area contributed by atoms with Gasteiger partial charge >= 0.3 is 0 Å². The minimum atomic E-state index is -0.252. The van der Waals surface area contributed by atoms with Crippen LogP contribution in [0.5, 0.6) is 0 Å². The molecule has 0 aliphatic carbocycles. The molecule has 1 aromatic carbocycles. The Hall–Kier alpha value is -1.68. The van der Waals surface area contributed by atoms with Crippen molar-refractivity contribution in [2.24, 2.45) is 0 Å². The van der Waals surface area contributed by atoms with Crippen LogP contribution in [0.1, 0.15) is 12.6 Å². The maximum atomic E-state index is 12.9. The third-order valence-corrected chi connectivity index (χ3v) is 2.83. The Balaban J connectivity index is 2.29. The van der Waals surface area contributed by atoms with Crippen LogP contribution in [0, 0.1) is 5.82 Å². The normalized spacial score (nSPS) is 10.4. The smallest absolute Gasteiger partial charge is 0.151 e. The molecule has 0 aliphatic rings. The largest absolute Gasteiger partial charge is 0.325 e. The minimum absolute atomic E-state index is 0.252. The van der Waals surface area contributed by atoms with Crippen molar-refractivity contribution in [3.05, 3.63) is 48.2 Å². The van der Waals surface area contributed by atoms with Crippen molar-refractivity contribution < 1.29 is 4.39 Å². The highest BCUT2D eigenvalue weighted by molar-refractivity contribution is 6.16. The number of hydrogen-bond acceptors (Lipinski definition) is 3. The first-order valence-corrected chi connectivity index (χ1v) is 6.18. The van der Waals surface area contributed by atoms with Crippen LogP contribution in [0.4, 0.5) is 15.9 Å². The number of benzene rings is 1. The van der Waals surface area contributed by atoms with Gasteiger partial charge in [-0.3, -0.25) is 4.98 Å². The molecule has 0 saturated carbocycles. The van der Waals surface area contributed by atoms with Crippen molar-refractivity contribution in [2.75, 3.05) is 11.4 Å². The molecule has 0 bridgehead atoms. The van der Waals surface area contributed by atoms with Crippen molar-refractivity contribution in [3.8, 4) is 0 Å². The number of aromatic nitrogens is 2. The first-order chi connectivity index (χ1) is 8.74. The van der Waals surface area contributed by atoms with Gasteiger partial charge in [-0.1, -0.05) is 0 Å². The molecule has 3 nitrogen and oxygen atoms in total. The molecule has 5 heteroatoms. The second kappa shape index (κ2) is 5.78. The molecule has 0 aliphatic heterocycles. The van der Waals surface area contributed by atoms with Crippen LogP contribution in [0.15, 0.2) is 36.7 Å². The Kier molecular flexibility index (Phi) is 4.10. The Morgan fingerprint density at radius 3 is 2.39 bits per heavy atom. The maximum absolute atomic E-state index is 12.9. The van der Waals surface area contributed by atoms with E-state index >= 15 is 0 Å². The van der Waals surface area contributed by atoms with Crippen molar-refractivity contribution in [2.45, 2.75) is 12.8 Å². The zero-order valence-corrected chi connectivity index (χ0v) is 10.7. The molecule has 0 spiro atoms. The van der Waals surface area contributed by atoms with Gasteiger partial charge in [0.1, 0.15) is 5.82 Å². The SMILES string of the molecule is CCN(c1ccc(F)cc1)c1cnc(CCl)cn1. The molecule has 0 amide bonds. The standard InChI is InChI=1S/C13H13ClFN3/c1-2-18(12-5-3-10(15)4-6-12)13-9-16-11(7-14)8-17-13/h3-6,8-9H,2,7H2,1H3. The summed E-state index contributed by atoms with van der Waals surface area (Å²) in [5.74, 6) is 0.812. The molecule has 0 unspecified atom stereocenters. The molecule has 1 aromatic heterocycles.